The summed E-state index contributed by atoms with van der Waals surface area (Å²) in [5.41, 5.74) is 5.24. The Balaban J connectivity index is 1.23. The first-order valence-electron chi connectivity index (χ1n) is 11.1. The Labute approximate surface area is 178 Å². The fourth-order valence-corrected chi connectivity index (χ4v) is 6.17. The molecule has 0 radical (unpaired) electrons. The van der Waals surface area contributed by atoms with E-state index < -0.39 is 0 Å². The number of carbonyl (C=O) groups excluding carboxylic acids is 2. The van der Waals surface area contributed by atoms with Gasteiger partial charge in [0.2, 0.25) is 5.91 Å². The number of ether oxygens (including phenoxy) is 1. The molecule has 30 heavy (non-hydrogen) atoms. The van der Waals surface area contributed by atoms with Crippen LogP contribution in [0.3, 0.4) is 0 Å². The van der Waals surface area contributed by atoms with Gasteiger partial charge in [-0.25, -0.2) is 5.43 Å². The van der Waals surface area contributed by atoms with Crippen LogP contribution in [-0.4, -0.2) is 29.7 Å². The molecule has 4 saturated carbocycles. The van der Waals surface area contributed by atoms with Gasteiger partial charge < -0.3 is 10.1 Å². The number of amides is 2. The highest BCUT2D eigenvalue weighted by atomic mass is 16.5. The van der Waals surface area contributed by atoms with E-state index in [4.69, 9.17) is 4.74 Å². The molecule has 2 N–H and O–H groups in total. The first-order chi connectivity index (χ1) is 14.3. The largest absolute Gasteiger partial charge is 0.483 e. The van der Waals surface area contributed by atoms with Crippen LogP contribution in [0.5, 0.6) is 5.75 Å². The predicted molar refractivity (Wildman–Crippen MR) is 116 cm³/mol. The van der Waals surface area contributed by atoms with Crippen molar-refractivity contribution < 1.29 is 14.3 Å². The van der Waals surface area contributed by atoms with Crippen molar-refractivity contribution >= 4 is 17.5 Å². The van der Waals surface area contributed by atoms with Crippen molar-refractivity contribution in [2.24, 2.45) is 22.9 Å². The van der Waals surface area contributed by atoms with E-state index in [1.165, 1.54) is 19.3 Å². The van der Waals surface area contributed by atoms with Gasteiger partial charge in [-0.2, -0.15) is 5.10 Å². The second kappa shape index (κ2) is 8.40. The number of rotatable bonds is 7. The fourth-order valence-electron chi connectivity index (χ4n) is 6.17. The van der Waals surface area contributed by atoms with E-state index in [0.717, 1.165) is 48.1 Å². The Morgan fingerprint density at radius 2 is 1.70 bits per heavy atom. The van der Waals surface area contributed by atoms with Gasteiger partial charge in [0.05, 0.1) is 6.42 Å². The summed E-state index contributed by atoms with van der Waals surface area (Å²) < 4.78 is 5.57. The Bertz CT molecular complexity index is 826. The van der Waals surface area contributed by atoms with Gasteiger partial charge in [-0.15, -0.1) is 0 Å². The highest BCUT2D eigenvalue weighted by Gasteiger charge is 2.51. The van der Waals surface area contributed by atoms with Gasteiger partial charge in [-0.3, -0.25) is 9.59 Å². The van der Waals surface area contributed by atoms with E-state index >= 15 is 0 Å². The summed E-state index contributed by atoms with van der Waals surface area (Å²) in [7, 11) is 0. The number of aryl methyl sites for hydroxylation is 2. The summed E-state index contributed by atoms with van der Waals surface area (Å²) in [6, 6.07) is 5.82. The normalized spacial score (nSPS) is 29.6. The highest BCUT2D eigenvalue weighted by molar-refractivity contribution is 6.00. The maximum absolute atomic E-state index is 12.6. The second-order valence-corrected chi connectivity index (χ2v) is 9.86. The van der Waals surface area contributed by atoms with E-state index in [1.54, 1.807) is 6.92 Å². The van der Waals surface area contributed by atoms with Crippen LogP contribution in [-0.2, 0) is 9.59 Å². The predicted octanol–water partition coefficient (Wildman–Crippen LogP) is 3.65. The summed E-state index contributed by atoms with van der Waals surface area (Å²) in [4.78, 5) is 24.7. The van der Waals surface area contributed by atoms with Gasteiger partial charge in [-0.1, -0.05) is 17.7 Å². The minimum Gasteiger partial charge on any atom is -0.483 e. The lowest BCUT2D eigenvalue weighted by atomic mass is 9.53. The molecular weight excluding hydrogens is 378 g/mol. The fraction of sp³-hybridized carbons (Fsp3) is 0.625. The summed E-state index contributed by atoms with van der Waals surface area (Å²) in [6.07, 6.45) is 7.66. The molecule has 1 aromatic carbocycles. The lowest BCUT2D eigenvalue weighted by Gasteiger charge is -2.56. The SMILES string of the molecule is C/C(CC(=O)NC12CC3CC(CC(C3)C1)C2)=N\NC(=O)COc1ccc(C)cc1C. The zero-order chi connectivity index (χ0) is 21.3. The van der Waals surface area contributed by atoms with Gasteiger partial charge in [0.25, 0.3) is 5.91 Å². The zero-order valence-corrected chi connectivity index (χ0v) is 18.3. The second-order valence-electron chi connectivity index (χ2n) is 9.86. The summed E-state index contributed by atoms with van der Waals surface area (Å²) >= 11 is 0. The van der Waals surface area contributed by atoms with Gasteiger partial charge in [0.1, 0.15) is 5.75 Å². The molecular formula is C24H33N3O3. The molecule has 162 valence electrons. The summed E-state index contributed by atoms with van der Waals surface area (Å²) in [5.74, 6) is 2.74. The average Bonchev–Trinajstić information content (AvgIpc) is 2.64. The minimum atomic E-state index is -0.337. The maximum atomic E-state index is 12.6. The molecule has 4 aliphatic rings. The third-order valence-electron chi connectivity index (χ3n) is 6.92. The molecule has 6 heteroatoms. The van der Waals surface area contributed by atoms with Crippen LogP contribution in [0.4, 0.5) is 0 Å². The van der Waals surface area contributed by atoms with Crippen LogP contribution in [0.1, 0.15) is 63.0 Å². The maximum Gasteiger partial charge on any atom is 0.277 e. The molecule has 4 fully saturated rings. The number of hydrogen-bond donors (Lipinski definition) is 2. The van der Waals surface area contributed by atoms with E-state index in [0.29, 0.717) is 11.5 Å². The van der Waals surface area contributed by atoms with Crippen LogP contribution >= 0.6 is 0 Å². The van der Waals surface area contributed by atoms with Crippen molar-refractivity contribution in [3.05, 3.63) is 29.3 Å². The Hall–Kier alpha value is -2.37. The summed E-state index contributed by atoms with van der Waals surface area (Å²) in [5, 5.41) is 7.43. The molecule has 0 saturated heterocycles. The Morgan fingerprint density at radius 3 is 2.30 bits per heavy atom. The molecule has 0 spiro atoms. The molecule has 0 aliphatic heterocycles. The van der Waals surface area contributed by atoms with Crippen molar-refractivity contribution in [1.29, 1.82) is 0 Å². The van der Waals surface area contributed by atoms with Crippen LogP contribution in [0, 0.1) is 31.6 Å². The highest BCUT2D eigenvalue weighted by Crippen LogP contribution is 2.55. The van der Waals surface area contributed by atoms with Crippen molar-refractivity contribution in [3.8, 4) is 5.75 Å². The van der Waals surface area contributed by atoms with E-state index in [-0.39, 0.29) is 30.4 Å². The van der Waals surface area contributed by atoms with Gasteiger partial charge >= 0.3 is 0 Å². The van der Waals surface area contributed by atoms with Crippen molar-refractivity contribution in [2.75, 3.05) is 6.61 Å². The lowest BCUT2D eigenvalue weighted by Crippen LogP contribution is -2.60. The van der Waals surface area contributed by atoms with E-state index in [1.807, 2.05) is 32.0 Å². The molecule has 5 rings (SSSR count). The van der Waals surface area contributed by atoms with Crippen molar-refractivity contribution in [1.82, 2.24) is 10.7 Å². The third-order valence-corrected chi connectivity index (χ3v) is 6.92. The quantitative estimate of drug-likeness (QED) is 0.531. The number of nitrogens with one attached hydrogen (secondary N) is 2. The number of carbonyl (C=O) groups is 2. The average molecular weight is 412 g/mol. The molecule has 0 atom stereocenters. The molecule has 0 heterocycles. The Kier molecular flexibility index (Phi) is 5.85. The first kappa shape index (κ1) is 20.9. The van der Waals surface area contributed by atoms with Crippen molar-refractivity contribution in [3.63, 3.8) is 0 Å². The van der Waals surface area contributed by atoms with Gasteiger partial charge in [0, 0.05) is 11.3 Å². The topological polar surface area (TPSA) is 79.8 Å². The van der Waals surface area contributed by atoms with E-state index in [9.17, 15) is 9.59 Å². The van der Waals surface area contributed by atoms with Gasteiger partial charge in [-0.05, 0) is 88.7 Å². The number of benzene rings is 1. The van der Waals surface area contributed by atoms with Crippen LogP contribution in [0.25, 0.3) is 0 Å². The molecule has 1 aromatic rings. The third kappa shape index (κ3) is 4.85. The molecule has 0 unspecified atom stereocenters. The van der Waals surface area contributed by atoms with Crippen LogP contribution < -0.4 is 15.5 Å². The summed E-state index contributed by atoms with van der Waals surface area (Å²) in [6.45, 7) is 5.62. The standard InChI is InChI=1S/C24H33N3O3/c1-15-4-5-21(16(2)6-15)30-14-23(29)27-26-17(3)7-22(28)25-24-11-18-8-19(12-24)10-20(9-18)13-24/h4-6,18-20H,7-14H2,1-3H3,(H,25,28)(H,27,29)/b26-17+. The first-order valence-corrected chi connectivity index (χ1v) is 11.1. The van der Waals surface area contributed by atoms with Crippen LogP contribution in [0.2, 0.25) is 0 Å². The smallest absolute Gasteiger partial charge is 0.277 e. The molecule has 2 amide bonds. The van der Waals surface area contributed by atoms with Crippen LogP contribution in [0.15, 0.2) is 23.3 Å². The minimum absolute atomic E-state index is 0.00903. The molecule has 4 bridgehead atoms. The lowest BCUT2D eigenvalue weighted by molar-refractivity contribution is -0.126. The molecule has 0 aromatic heterocycles. The van der Waals surface area contributed by atoms with Gasteiger partial charge in [0.15, 0.2) is 6.61 Å². The molecule has 6 nitrogen and oxygen atoms in total. The number of nitrogens with zero attached hydrogens (tertiary/aromatic N) is 1. The molecule has 4 aliphatic carbocycles. The Morgan fingerprint density at radius 1 is 1.07 bits per heavy atom. The van der Waals surface area contributed by atoms with E-state index in [2.05, 4.69) is 15.8 Å². The monoisotopic (exact) mass is 411 g/mol. The number of hydrazone groups is 1. The number of hydrogen-bond acceptors (Lipinski definition) is 4. The zero-order valence-electron chi connectivity index (χ0n) is 18.3. The van der Waals surface area contributed by atoms with Crippen molar-refractivity contribution in [2.45, 2.75) is 71.3 Å².